The molecule has 14 heteroatoms. The minimum absolute atomic E-state index is 0.192. The van der Waals surface area contributed by atoms with Crippen LogP contribution in [0.5, 0.6) is 0 Å². The van der Waals surface area contributed by atoms with Crippen molar-refractivity contribution in [3.63, 3.8) is 0 Å². The summed E-state index contributed by atoms with van der Waals surface area (Å²) in [7, 11) is 0.974. The quantitative estimate of drug-likeness (QED) is 0.178. The highest BCUT2D eigenvalue weighted by Crippen LogP contribution is 2.09. The number of thioether (sulfide) groups is 1. The van der Waals surface area contributed by atoms with E-state index in [1.54, 1.807) is 30.3 Å². The van der Waals surface area contributed by atoms with E-state index in [0.29, 0.717) is 4.90 Å². The minimum atomic E-state index is -1.58. The van der Waals surface area contributed by atoms with E-state index >= 15 is 0 Å². The van der Waals surface area contributed by atoms with Crippen molar-refractivity contribution in [2.24, 2.45) is 5.73 Å². The predicted octanol–water partition coefficient (Wildman–Crippen LogP) is -0.581. The number of nitrogens with one attached hydrogen (secondary N) is 2. The molecule has 3 unspecified atom stereocenters. The van der Waals surface area contributed by atoms with Gasteiger partial charge in [-0.3, -0.25) is 28.8 Å². The molecule has 1 aromatic rings. The Hall–Kier alpha value is -3.78. The minimum Gasteiger partial charge on any atom is -0.480 e. The van der Waals surface area contributed by atoms with E-state index in [4.69, 9.17) is 15.9 Å². The van der Waals surface area contributed by atoms with Crippen molar-refractivity contribution in [1.82, 2.24) is 15.5 Å². The third-order valence-electron chi connectivity index (χ3n) is 5.10. The number of rotatable bonds is 15. The molecule has 1 aromatic carbocycles. The molecule has 0 saturated heterocycles. The number of ketones is 2. The van der Waals surface area contributed by atoms with Crippen molar-refractivity contribution in [2.45, 2.75) is 44.3 Å². The lowest BCUT2D eigenvalue weighted by molar-refractivity contribution is -0.139. The first-order valence-corrected chi connectivity index (χ1v) is 12.2. The topological polar surface area (TPSA) is 213 Å². The Labute approximate surface area is 217 Å². The summed E-state index contributed by atoms with van der Waals surface area (Å²) >= 11 is 0.797. The average Bonchev–Trinajstić information content (AvgIpc) is 2.85. The van der Waals surface area contributed by atoms with Gasteiger partial charge in [-0.2, -0.15) is 11.8 Å². The van der Waals surface area contributed by atoms with Gasteiger partial charge in [0, 0.05) is 19.2 Å². The number of carboxylic acids is 1. The summed E-state index contributed by atoms with van der Waals surface area (Å²) in [6.45, 7) is 1.29. The number of hydrogen-bond acceptors (Lipinski definition) is 9. The van der Waals surface area contributed by atoms with E-state index in [2.05, 4.69) is 10.6 Å². The molecule has 0 heterocycles. The van der Waals surface area contributed by atoms with Gasteiger partial charge in [0.2, 0.25) is 11.7 Å². The fraction of sp³-hybridized carbons (Fsp3) is 0.435. The van der Waals surface area contributed by atoms with Gasteiger partial charge >= 0.3 is 12.1 Å². The van der Waals surface area contributed by atoms with E-state index < -0.39 is 59.4 Å². The normalized spacial score (nSPS) is 12.9. The standard InChI is InChI=1S/C23H30N4O9S/c1-13(28)16(10-14-6-4-3-5-7-14)26-20(31)18(29)12-37-11-17(21(32)27(2)23(35)36)25-19(30)9-8-15(24)22(33)34/h3-7,15-17H,8-12,24H2,1-2H3,(H,25,30)(H,26,31)(H,33,34)(H,35,36). The van der Waals surface area contributed by atoms with Crippen molar-refractivity contribution in [2.75, 3.05) is 18.6 Å². The van der Waals surface area contributed by atoms with Gasteiger partial charge in [0.05, 0.1) is 11.8 Å². The number of carboxylic acid groups (broad SMARTS) is 2. The van der Waals surface area contributed by atoms with Crippen LogP contribution in [0, 0.1) is 0 Å². The Kier molecular flexibility index (Phi) is 13.0. The first kappa shape index (κ1) is 31.3. The van der Waals surface area contributed by atoms with Crippen LogP contribution in [0.3, 0.4) is 0 Å². The highest BCUT2D eigenvalue weighted by molar-refractivity contribution is 8.00. The first-order valence-electron chi connectivity index (χ1n) is 11.1. The van der Waals surface area contributed by atoms with E-state index in [1.165, 1.54) is 6.92 Å². The Morgan fingerprint density at radius 2 is 1.62 bits per heavy atom. The van der Waals surface area contributed by atoms with Crippen LogP contribution < -0.4 is 16.4 Å². The Balaban J connectivity index is 2.73. The molecule has 0 bridgehead atoms. The highest BCUT2D eigenvalue weighted by Gasteiger charge is 2.29. The molecule has 0 aliphatic carbocycles. The molecule has 0 aromatic heterocycles. The zero-order valence-electron chi connectivity index (χ0n) is 20.3. The molecule has 0 aliphatic heterocycles. The molecule has 0 fully saturated rings. The molecular formula is C23H30N4O9S. The van der Waals surface area contributed by atoms with E-state index in [1.807, 2.05) is 0 Å². The lowest BCUT2D eigenvalue weighted by Crippen LogP contribution is -2.50. The van der Waals surface area contributed by atoms with Gasteiger partial charge < -0.3 is 26.6 Å². The fourth-order valence-corrected chi connectivity index (χ4v) is 3.80. The van der Waals surface area contributed by atoms with Crippen molar-refractivity contribution in [1.29, 1.82) is 0 Å². The van der Waals surface area contributed by atoms with Gasteiger partial charge in [-0.1, -0.05) is 30.3 Å². The number of carbonyl (C=O) groups is 7. The van der Waals surface area contributed by atoms with Crippen LogP contribution in [0.1, 0.15) is 25.3 Å². The fourth-order valence-electron chi connectivity index (χ4n) is 2.90. The molecular weight excluding hydrogens is 508 g/mol. The summed E-state index contributed by atoms with van der Waals surface area (Å²) in [5, 5.41) is 22.6. The van der Waals surface area contributed by atoms with Crippen LogP contribution >= 0.6 is 11.8 Å². The maximum absolute atomic E-state index is 12.5. The molecule has 0 aliphatic rings. The number of hydrogen-bond donors (Lipinski definition) is 5. The number of Topliss-reactive ketones (excluding diaryl/α,β-unsaturated/α-hetero) is 2. The number of benzene rings is 1. The molecule has 0 spiro atoms. The number of likely N-dealkylation sites (N-methyl/N-ethyl adjacent to an activating group) is 1. The number of nitrogens with zero attached hydrogens (tertiary/aromatic N) is 1. The second-order valence-corrected chi connectivity index (χ2v) is 9.08. The maximum Gasteiger partial charge on any atom is 0.413 e. The van der Waals surface area contributed by atoms with Gasteiger partial charge in [0.1, 0.15) is 12.1 Å². The molecule has 4 amide bonds. The van der Waals surface area contributed by atoms with Crippen LogP contribution in [0.15, 0.2) is 30.3 Å². The average molecular weight is 539 g/mol. The SMILES string of the molecule is CC(=O)C(Cc1ccccc1)NC(=O)C(=O)CSCC(NC(=O)CCC(N)C(=O)O)C(=O)N(C)C(=O)O. The smallest absolute Gasteiger partial charge is 0.413 e. The molecule has 6 N–H and O–H groups in total. The van der Waals surface area contributed by atoms with E-state index in [0.717, 1.165) is 24.4 Å². The summed E-state index contributed by atoms with van der Waals surface area (Å²) < 4.78 is 0. The molecule has 3 atom stereocenters. The van der Waals surface area contributed by atoms with Crippen LogP contribution in [0.2, 0.25) is 0 Å². The lowest BCUT2D eigenvalue weighted by Gasteiger charge is -2.21. The number of amides is 4. The van der Waals surface area contributed by atoms with Gasteiger partial charge in [-0.25, -0.2) is 9.69 Å². The summed E-state index contributed by atoms with van der Waals surface area (Å²) in [6.07, 6.45) is -1.94. The molecule has 13 nitrogen and oxygen atoms in total. The summed E-state index contributed by atoms with van der Waals surface area (Å²) in [5.41, 5.74) is 6.13. The Morgan fingerprint density at radius 3 is 2.16 bits per heavy atom. The number of carbonyl (C=O) groups excluding carboxylic acids is 5. The largest absolute Gasteiger partial charge is 0.480 e. The zero-order chi connectivity index (χ0) is 28.1. The number of imide groups is 1. The van der Waals surface area contributed by atoms with Crippen molar-refractivity contribution >= 4 is 53.1 Å². The van der Waals surface area contributed by atoms with Crippen molar-refractivity contribution in [3.8, 4) is 0 Å². The van der Waals surface area contributed by atoms with E-state index in [-0.39, 0.29) is 30.8 Å². The molecule has 1 rings (SSSR count). The Bertz CT molecular complexity index is 1020. The molecule has 0 radical (unpaired) electrons. The van der Waals surface area contributed by atoms with Crippen molar-refractivity contribution < 1.29 is 43.8 Å². The van der Waals surface area contributed by atoms with Crippen LogP contribution in [-0.2, 0) is 35.2 Å². The van der Waals surface area contributed by atoms with Gasteiger partial charge in [0.15, 0.2) is 5.78 Å². The summed E-state index contributed by atoms with van der Waals surface area (Å²) in [5.74, 6) is -5.95. The van der Waals surface area contributed by atoms with Gasteiger partial charge in [-0.15, -0.1) is 0 Å². The third-order valence-corrected chi connectivity index (χ3v) is 6.14. The molecule has 202 valence electrons. The zero-order valence-corrected chi connectivity index (χ0v) is 21.2. The molecule has 0 saturated carbocycles. The highest BCUT2D eigenvalue weighted by atomic mass is 32.2. The second-order valence-electron chi connectivity index (χ2n) is 8.05. The Morgan fingerprint density at radius 1 is 1.00 bits per heavy atom. The summed E-state index contributed by atoms with van der Waals surface area (Å²) in [4.78, 5) is 83.5. The van der Waals surface area contributed by atoms with Gasteiger partial charge in [0.25, 0.3) is 11.8 Å². The third kappa shape index (κ3) is 11.2. The van der Waals surface area contributed by atoms with E-state index in [9.17, 15) is 33.6 Å². The lowest BCUT2D eigenvalue weighted by atomic mass is 10.0. The predicted molar refractivity (Wildman–Crippen MR) is 133 cm³/mol. The second kappa shape index (κ2) is 15.4. The van der Waals surface area contributed by atoms with Gasteiger partial charge in [-0.05, 0) is 25.3 Å². The summed E-state index contributed by atoms with van der Waals surface area (Å²) in [6, 6.07) is 5.30. The number of nitrogens with two attached hydrogens (primary N) is 1. The monoisotopic (exact) mass is 538 g/mol. The van der Waals surface area contributed by atoms with Crippen LogP contribution in [-0.4, -0.2) is 93.1 Å². The molecule has 37 heavy (non-hydrogen) atoms. The maximum atomic E-state index is 12.5. The van der Waals surface area contributed by atoms with Crippen molar-refractivity contribution in [3.05, 3.63) is 35.9 Å². The number of aliphatic carboxylic acids is 1. The first-order chi connectivity index (χ1) is 17.3. The van der Waals surface area contributed by atoms with Crippen LogP contribution in [0.25, 0.3) is 0 Å². The van der Waals surface area contributed by atoms with Crippen LogP contribution in [0.4, 0.5) is 4.79 Å².